The van der Waals surface area contributed by atoms with Gasteiger partial charge < -0.3 is 15.2 Å². The summed E-state index contributed by atoms with van der Waals surface area (Å²) in [6.07, 6.45) is 0.821. The maximum absolute atomic E-state index is 5.94. The fraction of sp³-hybridized carbons (Fsp3) is 0.294. The van der Waals surface area contributed by atoms with Gasteiger partial charge in [-0.1, -0.05) is 29.8 Å². The first-order valence-corrected chi connectivity index (χ1v) is 6.79. The zero-order valence-corrected chi connectivity index (χ0v) is 12.1. The summed E-state index contributed by atoms with van der Waals surface area (Å²) in [6.45, 7) is 3.17. The predicted octanol–water partition coefficient (Wildman–Crippen LogP) is 3.08. The van der Waals surface area contributed by atoms with Gasteiger partial charge in [-0.3, -0.25) is 0 Å². The van der Waals surface area contributed by atoms with Gasteiger partial charge in [0.15, 0.2) is 0 Å². The maximum Gasteiger partial charge on any atom is 0.125 e. The van der Waals surface area contributed by atoms with Crippen LogP contribution in [0.1, 0.15) is 16.7 Å². The van der Waals surface area contributed by atoms with Crippen molar-refractivity contribution in [2.24, 2.45) is 5.73 Å². The zero-order valence-electron chi connectivity index (χ0n) is 12.1. The minimum Gasteiger partial charge on any atom is -0.496 e. The molecule has 3 nitrogen and oxygen atoms in total. The molecule has 20 heavy (non-hydrogen) atoms. The van der Waals surface area contributed by atoms with Crippen LogP contribution in [0.4, 0.5) is 0 Å². The highest BCUT2D eigenvalue weighted by molar-refractivity contribution is 5.38. The van der Waals surface area contributed by atoms with Crippen molar-refractivity contribution in [3.8, 4) is 11.5 Å². The average Bonchev–Trinajstić information content (AvgIpc) is 2.47. The van der Waals surface area contributed by atoms with Gasteiger partial charge in [0.25, 0.3) is 0 Å². The highest BCUT2D eigenvalue weighted by atomic mass is 16.5. The molecule has 0 spiro atoms. The fourth-order valence-corrected chi connectivity index (χ4v) is 2.18. The summed E-state index contributed by atoms with van der Waals surface area (Å²) in [7, 11) is 1.68. The number of ether oxygens (including phenoxy) is 2. The van der Waals surface area contributed by atoms with Crippen LogP contribution in [0.25, 0.3) is 0 Å². The van der Waals surface area contributed by atoms with Crippen molar-refractivity contribution in [2.45, 2.75) is 20.0 Å². The van der Waals surface area contributed by atoms with Gasteiger partial charge in [0.05, 0.1) is 7.11 Å². The van der Waals surface area contributed by atoms with Gasteiger partial charge in [-0.05, 0) is 43.7 Å². The topological polar surface area (TPSA) is 44.5 Å². The molecule has 2 aromatic rings. The number of methoxy groups -OCH3 is 1. The summed E-state index contributed by atoms with van der Waals surface area (Å²) in [5.41, 5.74) is 9.01. The van der Waals surface area contributed by atoms with E-state index < -0.39 is 0 Å². The van der Waals surface area contributed by atoms with Crippen molar-refractivity contribution in [2.75, 3.05) is 13.7 Å². The molecule has 0 radical (unpaired) electrons. The summed E-state index contributed by atoms with van der Waals surface area (Å²) in [6, 6.07) is 14.1. The standard InChI is InChI=1S/C17H21NO2/c1-13-7-8-16(19-2)15(11-13)12-20-17-6-4-3-5-14(17)9-10-18/h3-8,11H,9-10,12,18H2,1-2H3. The van der Waals surface area contributed by atoms with E-state index in [-0.39, 0.29) is 0 Å². The minimum absolute atomic E-state index is 0.492. The Kier molecular flexibility index (Phi) is 5.02. The van der Waals surface area contributed by atoms with Crippen molar-refractivity contribution in [1.29, 1.82) is 0 Å². The van der Waals surface area contributed by atoms with E-state index in [2.05, 4.69) is 19.1 Å². The summed E-state index contributed by atoms with van der Waals surface area (Å²) in [5.74, 6) is 1.74. The van der Waals surface area contributed by atoms with Gasteiger partial charge in [-0.2, -0.15) is 0 Å². The molecule has 0 aliphatic carbocycles. The first kappa shape index (κ1) is 14.4. The third-order valence-electron chi connectivity index (χ3n) is 3.21. The van der Waals surface area contributed by atoms with E-state index in [1.54, 1.807) is 7.11 Å². The fourth-order valence-electron chi connectivity index (χ4n) is 2.18. The molecule has 0 heterocycles. The molecule has 2 aromatic carbocycles. The largest absolute Gasteiger partial charge is 0.496 e. The molecule has 0 unspecified atom stereocenters. The Labute approximate surface area is 120 Å². The number of hydrogen-bond donors (Lipinski definition) is 1. The van der Waals surface area contributed by atoms with E-state index in [9.17, 15) is 0 Å². The normalized spacial score (nSPS) is 10.3. The molecule has 0 amide bonds. The Morgan fingerprint density at radius 1 is 1.00 bits per heavy atom. The van der Waals surface area contributed by atoms with Crippen molar-refractivity contribution >= 4 is 0 Å². The molecule has 106 valence electrons. The number of benzene rings is 2. The second kappa shape index (κ2) is 6.96. The molecule has 2 N–H and O–H groups in total. The third-order valence-corrected chi connectivity index (χ3v) is 3.21. The van der Waals surface area contributed by atoms with Crippen LogP contribution < -0.4 is 15.2 Å². The minimum atomic E-state index is 0.492. The quantitative estimate of drug-likeness (QED) is 0.878. The lowest BCUT2D eigenvalue weighted by molar-refractivity contribution is 0.293. The van der Waals surface area contributed by atoms with Crippen LogP contribution in [0.5, 0.6) is 11.5 Å². The van der Waals surface area contributed by atoms with Crippen LogP contribution in [0.3, 0.4) is 0 Å². The van der Waals surface area contributed by atoms with E-state index in [1.165, 1.54) is 5.56 Å². The summed E-state index contributed by atoms with van der Waals surface area (Å²) in [4.78, 5) is 0. The van der Waals surface area contributed by atoms with Crippen LogP contribution in [-0.4, -0.2) is 13.7 Å². The molecule has 0 saturated carbocycles. The molecule has 0 saturated heterocycles. The lowest BCUT2D eigenvalue weighted by Crippen LogP contribution is -2.06. The van der Waals surface area contributed by atoms with Crippen LogP contribution in [0, 0.1) is 6.92 Å². The first-order chi connectivity index (χ1) is 9.74. The van der Waals surface area contributed by atoms with Gasteiger partial charge >= 0.3 is 0 Å². The molecule has 0 aliphatic heterocycles. The second-order valence-corrected chi connectivity index (χ2v) is 4.75. The Balaban J connectivity index is 2.14. The SMILES string of the molecule is COc1ccc(C)cc1COc1ccccc1CCN. The van der Waals surface area contributed by atoms with Gasteiger partial charge in [0.1, 0.15) is 18.1 Å². The number of para-hydroxylation sites is 1. The Morgan fingerprint density at radius 2 is 1.80 bits per heavy atom. The van der Waals surface area contributed by atoms with Gasteiger partial charge in [0.2, 0.25) is 0 Å². The predicted molar refractivity (Wildman–Crippen MR) is 81.3 cm³/mol. The van der Waals surface area contributed by atoms with Gasteiger partial charge in [-0.15, -0.1) is 0 Å². The molecular formula is C17H21NO2. The van der Waals surface area contributed by atoms with E-state index in [0.29, 0.717) is 13.2 Å². The van der Waals surface area contributed by atoms with E-state index >= 15 is 0 Å². The van der Waals surface area contributed by atoms with Crippen molar-refractivity contribution in [3.05, 3.63) is 59.2 Å². The summed E-state index contributed by atoms with van der Waals surface area (Å²) in [5, 5.41) is 0. The second-order valence-electron chi connectivity index (χ2n) is 4.75. The molecule has 0 fully saturated rings. The third kappa shape index (κ3) is 3.52. The molecule has 2 rings (SSSR count). The van der Waals surface area contributed by atoms with Gasteiger partial charge in [-0.25, -0.2) is 0 Å². The van der Waals surface area contributed by atoms with E-state index in [0.717, 1.165) is 29.0 Å². The summed E-state index contributed by atoms with van der Waals surface area (Å²) < 4.78 is 11.3. The number of aryl methyl sites for hydroxylation is 1. The molecule has 0 aromatic heterocycles. The summed E-state index contributed by atoms with van der Waals surface area (Å²) >= 11 is 0. The highest BCUT2D eigenvalue weighted by Crippen LogP contribution is 2.24. The Hall–Kier alpha value is -2.00. The highest BCUT2D eigenvalue weighted by Gasteiger charge is 2.06. The monoisotopic (exact) mass is 271 g/mol. The average molecular weight is 271 g/mol. The maximum atomic E-state index is 5.94. The van der Waals surface area contributed by atoms with Crippen molar-refractivity contribution in [1.82, 2.24) is 0 Å². The van der Waals surface area contributed by atoms with Crippen LogP contribution in [-0.2, 0) is 13.0 Å². The number of hydrogen-bond acceptors (Lipinski definition) is 3. The van der Waals surface area contributed by atoms with E-state index in [1.807, 2.05) is 30.3 Å². The van der Waals surface area contributed by atoms with Crippen LogP contribution >= 0.6 is 0 Å². The van der Waals surface area contributed by atoms with Crippen molar-refractivity contribution < 1.29 is 9.47 Å². The smallest absolute Gasteiger partial charge is 0.125 e. The van der Waals surface area contributed by atoms with Gasteiger partial charge in [0, 0.05) is 5.56 Å². The molecule has 0 atom stereocenters. The van der Waals surface area contributed by atoms with Crippen LogP contribution in [0.2, 0.25) is 0 Å². The zero-order chi connectivity index (χ0) is 14.4. The lowest BCUT2D eigenvalue weighted by atomic mass is 10.1. The Morgan fingerprint density at radius 3 is 2.55 bits per heavy atom. The van der Waals surface area contributed by atoms with Crippen LogP contribution in [0.15, 0.2) is 42.5 Å². The lowest BCUT2D eigenvalue weighted by Gasteiger charge is -2.13. The molecule has 0 bridgehead atoms. The first-order valence-electron chi connectivity index (χ1n) is 6.79. The number of nitrogens with two attached hydrogens (primary N) is 1. The molecule has 0 aliphatic rings. The molecular weight excluding hydrogens is 250 g/mol. The Bertz CT molecular complexity index is 567. The van der Waals surface area contributed by atoms with Crippen molar-refractivity contribution in [3.63, 3.8) is 0 Å². The molecule has 3 heteroatoms. The van der Waals surface area contributed by atoms with E-state index in [4.69, 9.17) is 15.2 Å². The number of rotatable bonds is 6.